The summed E-state index contributed by atoms with van der Waals surface area (Å²) in [5, 5.41) is 3.38. The number of rotatable bonds is 5. The number of nitrogens with one attached hydrogen (secondary N) is 1. The Morgan fingerprint density at radius 3 is 2.44 bits per heavy atom. The molecule has 2 rings (SSSR count). The fourth-order valence-electron chi connectivity index (χ4n) is 3.24. The first-order chi connectivity index (χ1) is 7.75. The second-order valence-electron chi connectivity index (χ2n) is 6.12. The molecule has 1 heterocycles. The van der Waals surface area contributed by atoms with Crippen LogP contribution in [-0.2, 0) is 0 Å². The number of hydrogen-bond acceptors (Lipinski definition) is 2. The molecule has 0 aromatic carbocycles. The predicted octanol–water partition coefficient (Wildman–Crippen LogP) is 2.35. The molecule has 0 amide bonds. The smallest absolute Gasteiger partial charge is 0.000769 e. The first-order valence-electron chi connectivity index (χ1n) is 7.15. The molecule has 0 aromatic rings. The van der Waals surface area contributed by atoms with E-state index < -0.39 is 0 Å². The Morgan fingerprint density at radius 2 is 1.88 bits per heavy atom. The van der Waals surface area contributed by atoms with E-state index >= 15 is 0 Å². The van der Waals surface area contributed by atoms with Crippen LogP contribution in [-0.4, -0.2) is 38.1 Å². The van der Waals surface area contributed by atoms with E-state index in [9.17, 15) is 0 Å². The van der Waals surface area contributed by atoms with Crippen LogP contribution < -0.4 is 5.32 Å². The van der Waals surface area contributed by atoms with E-state index in [0.29, 0.717) is 0 Å². The largest absolute Gasteiger partial charge is 0.316 e. The minimum Gasteiger partial charge on any atom is -0.316 e. The normalized spacial score (nSPS) is 25.7. The van der Waals surface area contributed by atoms with Crippen LogP contribution in [0.4, 0.5) is 0 Å². The molecule has 1 aliphatic heterocycles. The van der Waals surface area contributed by atoms with Crippen molar-refractivity contribution >= 4 is 0 Å². The van der Waals surface area contributed by atoms with Crippen molar-refractivity contribution in [3.63, 3.8) is 0 Å². The van der Waals surface area contributed by atoms with Crippen LogP contribution in [0.5, 0.6) is 0 Å². The summed E-state index contributed by atoms with van der Waals surface area (Å²) < 4.78 is 0. The van der Waals surface area contributed by atoms with Gasteiger partial charge in [0.15, 0.2) is 0 Å². The minimum atomic E-state index is 0.870. The van der Waals surface area contributed by atoms with Crippen molar-refractivity contribution in [1.29, 1.82) is 0 Å². The lowest BCUT2D eigenvalue weighted by atomic mass is 9.87. The van der Waals surface area contributed by atoms with E-state index in [4.69, 9.17) is 0 Å². The number of hydrogen-bond donors (Lipinski definition) is 1. The van der Waals surface area contributed by atoms with Gasteiger partial charge in [-0.15, -0.1) is 0 Å². The highest BCUT2D eigenvalue weighted by atomic mass is 15.1. The second kappa shape index (κ2) is 6.02. The first kappa shape index (κ1) is 12.4. The fraction of sp³-hybridized carbons (Fsp3) is 1.00. The Balaban J connectivity index is 1.64. The van der Waals surface area contributed by atoms with E-state index in [2.05, 4.69) is 24.2 Å². The maximum Gasteiger partial charge on any atom is 0.000769 e. The second-order valence-corrected chi connectivity index (χ2v) is 6.12. The average Bonchev–Trinajstić information content (AvgIpc) is 2.15. The Morgan fingerprint density at radius 1 is 1.19 bits per heavy atom. The highest BCUT2D eigenvalue weighted by molar-refractivity contribution is 4.81. The summed E-state index contributed by atoms with van der Waals surface area (Å²) >= 11 is 0. The van der Waals surface area contributed by atoms with Gasteiger partial charge in [0.2, 0.25) is 0 Å². The quantitative estimate of drug-likeness (QED) is 0.771. The van der Waals surface area contributed by atoms with E-state index in [1.807, 2.05) is 0 Å². The van der Waals surface area contributed by atoms with Gasteiger partial charge >= 0.3 is 0 Å². The van der Waals surface area contributed by atoms with Crippen molar-refractivity contribution in [3.05, 3.63) is 0 Å². The van der Waals surface area contributed by atoms with Crippen LogP contribution in [0, 0.1) is 17.8 Å². The summed E-state index contributed by atoms with van der Waals surface area (Å²) in [4.78, 5) is 2.58. The van der Waals surface area contributed by atoms with E-state index in [0.717, 1.165) is 17.8 Å². The third kappa shape index (κ3) is 3.46. The van der Waals surface area contributed by atoms with Gasteiger partial charge in [-0.2, -0.15) is 0 Å². The standard InChI is InChI=1S/C14H28N2/c1-12(14-8-15-9-14)10-16(2)11-13-6-4-3-5-7-13/h12-15H,3-11H2,1-2H3. The van der Waals surface area contributed by atoms with Crippen molar-refractivity contribution in [2.24, 2.45) is 17.8 Å². The molecule has 2 heteroatoms. The van der Waals surface area contributed by atoms with Crippen molar-refractivity contribution in [1.82, 2.24) is 10.2 Å². The van der Waals surface area contributed by atoms with Crippen LogP contribution in [0.1, 0.15) is 39.0 Å². The maximum absolute atomic E-state index is 3.38. The van der Waals surface area contributed by atoms with Crippen LogP contribution in [0.2, 0.25) is 0 Å². The molecule has 2 fully saturated rings. The van der Waals surface area contributed by atoms with Crippen LogP contribution in [0.25, 0.3) is 0 Å². The lowest BCUT2D eigenvalue weighted by Gasteiger charge is -2.36. The zero-order valence-corrected chi connectivity index (χ0v) is 11.0. The average molecular weight is 224 g/mol. The van der Waals surface area contributed by atoms with Gasteiger partial charge in [0.1, 0.15) is 0 Å². The Kier molecular flexibility index (Phi) is 4.66. The molecule has 1 N–H and O–H groups in total. The van der Waals surface area contributed by atoms with Gasteiger partial charge in [0.25, 0.3) is 0 Å². The summed E-state index contributed by atoms with van der Waals surface area (Å²) in [6.45, 7) is 7.55. The highest BCUT2D eigenvalue weighted by Gasteiger charge is 2.25. The van der Waals surface area contributed by atoms with Gasteiger partial charge in [0, 0.05) is 13.1 Å². The monoisotopic (exact) mass is 224 g/mol. The van der Waals surface area contributed by atoms with Gasteiger partial charge in [-0.25, -0.2) is 0 Å². The summed E-state index contributed by atoms with van der Waals surface area (Å²) in [5.74, 6) is 2.80. The van der Waals surface area contributed by atoms with Gasteiger partial charge in [-0.1, -0.05) is 26.2 Å². The summed E-state index contributed by atoms with van der Waals surface area (Å²) in [6, 6.07) is 0. The molecule has 0 aromatic heterocycles. The van der Waals surface area contributed by atoms with Crippen LogP contribution in [0.3, 0.4) is 0 Å². The molecule has 1 unspecified atom stereocenters. The molecular formula is C14H28N2. The van der Waals surface area contributed by atoms with Crippen LogP contribution >= 0.6 is 0 Å². The molecule has 2 aliphatic rings. The summed E-state index contributed by atoms with van der Waals surface area (Å²) in [5.41, 5.74) is 0. The molecule has 94 valence electrons. The maximum atomic E-state index is 3.38. The van der Waals surface area contributed by atoms with Crippen molar-refractivity contribution in [2.45, 2.75) is 39.0 Å². The van der Waals surface area contributed by atoms with Crippen molar-refractivity contribution in [3.8, 4) is 0 Å². The summed E-state index contributed by atoms with van der Waals surface area (Å²) in [6.07, 6.45) is 7.37. The van der Waals surface area contributed by atoms with Crippen molar-refractivity contribution < 1.29 is 0 Å². The van der Waals surface area contributed by atoms with Gasteiger partial charge < -0.3 is 10.2 Å². The molecule has 1 saturated heterocycles. The molecule has 16 heavy (non-hydrogen) atoms. The SMILES string of the molecule is CC(CN(C)CC1CCCCC1)C1CNC1. The molecule has 0 radical (unpaired) electrons. The lowest BCUT2D eigenvalue weighted by Crippen LogP contribution is -2.48. The molecule has 0 bridgehead atoms. The molecular weight excluding hydrogens is 196 g/mol. The molecule has 1 aliphatic carbocycles. The topological polar surface area (TPSA) is 15.3 Å². The van der Waals surface area contributed by atoms with E-state index in [1.165, 1.54) is 58.3 Å². The first-order valence-corrected chi connectivity index (χ1v) is 7.15. The van der Waals surface area contributed by atoms with E-state index in [-0.39, 0.29) is 0 Å². The Hall–Kier alpha value is -0.0800. The van der Waals surface area contributed by atoms with Crippen LogP contribution in [0.15, 0.2) is 0 Å². The molecule has 0 spiro atoms. The third-order valence-corrected chi connectivity index (χ3v) is 4.51. The molecule has 1 atom stereocenters. The van der Waals surface area contributed by atoms with Gasteiger partial charge in [-0.05, 0) is 50.7 Å². The molecule has 2 nitrogen and oxygen atoms in total. The lowest BCUT2D eigenvalue weighted by molar-refractivity contribution is 0.161. The molecule has 1 saturated carbocycles. The van der Waals surface area contributed by atoms with Gasteiger partial charge in [0.05, 0.1) is 0 Å². The van der Waals surface area contributed by atoms with Crippen molar-refractivity contribution in [2.75, 3.05) is 33.2 Å². The van der Waals surface area contributed by atoms with E-state index in [1.54, 1.807) is 0 Å². The highest BCUT2D eigenvalue weighted by Crippen LogP contribution is 2.25. The fourth-order valence-corrected chi connectivity index (χ4v) is 3.24. The Labute approximate surface area is 101 Å². The predicted molar refractivity (Wildman–Crippen MR) is 69.6 cm³/mol. The Bertz CT molecular complexity index is 191. The minimum absolute atomic E-state index is 0.870. The van der Waals surface area contributed by atoms with Gasteiger partial charge in [-0.3, -0.25) is 0 Å². The zero-order chi connectivity index (χ0) is 11.4. The third-order valence-electron chi connectivity index (χ3n) is 4.51. The number of nitrogens with zero attached hydrogens (tertiary/aromatic N) is 1. The zero-order valence-electron chi connectivity index (χ0n) is 11.0. The summed E-state index contributed by atoms with van der Waals surface area (Å²) in [7, 11) is 2.32.